The van der Waals surface area contributed by atoms with Gasteiger partial charge in [0, 0.05) is 29.9 Å². The Morgan fingerprint density at radius 1 is 1.12 bits per heavy atom. The molecular formula is C20H16O5. The summed E-state index contributed by atoms with van der Waals surface area (Å²) in [4.78, 5) is 23.5. The Labute approximate surface area is 144 Å². The molecule has 3 atom stereocenters. The molecule has 0 radical (unpaired) electrons. The number of rotatable bonds is 2. The van der Waals surface area contributed by atoms with E-state index in [1.165, 1.54) is 6.07 Å². The summed E-state index contributed by atoms with van der Waals surface area (Å²) in [7, 11) is 0. The molecule has 2 aromatic carbocycles. The van der Waals surface area contributed by atoms with Crippen LogP contribution in [0.5, 0.6) is 11.5 Å². The molecule has 0 saturated carbocycles. The van der Waals surface area contributed by atoms with E-state index in [0.29, 0.717) is 11.3 Å². The number of ether oxygens (including phenoxy) is 1. The summed E-state index contributed by atoms with van der Waals surface area (Å²) in [5.74, 6) is -0.846. The second kappa shape index (κ2) is 5.77. The lowest BCUT2D eigenvalue weighted by molar-refractivity contribution is -0.117. The van der Waals surface area contributed by atoms with E-state index < -0.39 is 5.97 Å². The first-order valence-corrected chi connectivity index (χ1v) is 8.07. The topological polar surface area (TPSA) is 83.8 Å². The van der Waals surface area contributed by atoms with E-state index in [4.69, 9.17) is 4.74 Å². The van der Waals surface area contributed by atoms with Crippen molar-refractivity contribution in [3.63, 3.8) is 0 Å². The first-order valence-electron chi connectivity index (χ1n) is 8.07. The van der Waals surface area contributed by atoms with Gasteiger partial charge in [0.1, 0.15) is 17.6 Å². The molecule has 2 aliphatic rings. The number of aromatic carboxylic acids is 1. The number of carbonyl (C=O) groups is 2. The van der Waals surface area contributed by atoms with E-state index in [0.717, 1.165) is 5.56 Å². The normalized spacial score (nSPS) is 24.2. The molecule has 0 spiro atoms. The summed E-state index contributed by atoms with van der Waals surface area (Å²) in [5.41, 5.74) is 1.73. The summed E-state index contributed by atoms with van der Waals surface area (Å²) in [6.07, 6.45) is 3.22. The predicted molar refractivity (Wildman–Crippen MR) is 90.0 cm³/mol. The summed E-state index contributed by atoms with van der Waals surface area (Å²) in [6, 6.07) is 11.7. The first-order chi connectivity index (χ1) is 12.0. The molecule has 0 aromatic heterocycles. The Kier molecular flexibility index (Phi) is 3.57. The highest BCUT2D eigenvalue weighted by Crippen LogP contribution is 2.48. The van der Waals surface area contributed by atoms with Crippen molar-refractivity contribution in [2.45, 2.75) is 18.4 Å². The number of allylic oxidation sites excluding steroid dienone is 1. The van der Waals surface area contributed by atoms with E-state index in [-0.39, 0.29) is 41.5 Å². The van der Waals surface area contributed by atoms with Gasteiger partial charge in [-0.1, -0.05) is 30.3 Å². The van der Waals surface area contributed by atoms with E-state index >= 15 is 0 Å². The number of phenols is 1. The monoisotopic (exact) mass is 336 g/mol. The van der Waals surface area contributed by atoms with Gasteiger partial charge in [-0.15, -0.1) is 0 Å². The third kappa shape index (κ3) is 2.58. The van der Waals surface area contributed by atoms with Gasteiger partial charge < -0.3 is 14.9 Å². The van der Waals surface area contributed by atoms with Crippen molar-refractivity contribution < 1.29 is 24.5 Å². The van der Waals surface area contributed by atoms with E-state index in [1.807, 2.05) is 12.1 Å². The molecule has 3 unspecified atom stereocenters. The molecule has 0 saturated heterocycles. The average molecular weight is 336 g/mol. The number of phenolic OH excluding ortho intramolecular Hbond substituents is 1. The van der Waals surface area contributed by atoms with Crippen LogP contribution in [0.2, 0.25) is 0 Å². The zero-order valence-corrected chi connectivity index (χ0v) is 13.3. The van der Waals surface area contributed by atoms with Crippen LogP contribution in [0.4, 0.5) is 0 Å². The van der Waals surface area contributed by atoms with Gasteiger partial charge in [0.05, 0.1) is 5.56 Å². The minimum absolute atomic E-state index is 0.0184. The maximum absolute atomic E-state index is 11.8. The molecule has 25 heavy (non-hydrogen) atoms. The molecular weight excluding hydrogens is 320 g/mol. The molecule has 2 N–H and O–H groups in total. The van der Waals surface area contributed by atoms with Gasteiger partial charge in [-0.05, 0) is 23.8 Å². The maximum atomic E-state index is 11.8. The molecule has 0 fully saturated rings. The summed E-state index contributed by atoms with van der Waals surface area (Å²) >= 11 is 0. The zero-order valence-electron chi connectivity index (χ0n) is 13.3. The molecule has 5 nitrogen and oxygen atoms in total. The smallest absolute Gasteiger partial charge is 0.335 e. The van der Waals surface area contributed by atoms with Crippen LogP contribution in [0, 0.1) is 5.92 Å². The van der Waals surface area contributed by atoms with Gasteiger partial charge >= 0.3 is 5.97 Å². The van der Waals surface area contributed by atoms with Crippen molar-refractivity contribution in [3.8, 4) is 11.5 Å². The minimum Gasteiger partial charge on any atom is -0.508 e. The highest BCUT2D eigenvalue weighted by molar-refractivity contribution is 5.92. The summed E-state index contributed by atoms with van der Waals surface area (Å²) in [5, 5.41) is 19.4. The number of carboxylic acid groups (broad SMARTS) is 1. The van der Waals surface area contributed by atoms with Gasteiger partial charge in [0.15, 0.2) is 5.78 Å². The Morgan fingerprint density at radius 2 is 1.92 bits per heavy atom. The van der Waals surface area contributed by atoms with E-state index in [9.17, 15) is 19.8 Å². The molecule has 4 rings (SSSR count). The van der Waals surface area contributed by atoms with Crippen molar-refractivity contribution in [1.82, 2.24) is 0 Å². The second-order valence-corrected chi connectivity index (χ2v) is 6.36. The van der Waals surface area contributed by atoms with E-state index in [2.05, 4.69) is 0 Å². The first kappa shape index (κ1) is 15.4. The molecule has 0 bridgehead atoms. The summed E-state index contributed by atoms with van der Waals surface area (Å²) < 4.78 is 5.96. The standard InChI is InChI=1S/C20H16O5/c21-11-5-7-15-17(9-11)25-18-10-12(22)6-8-16(18)19(15)13-3-1-2-4-14(13)20(23)24/h1-9,16,18-19,21H,10H2,(H,23,24). The van der Waals surface area contributed by atoms with Crippen LogP contribution < -0.4 is 4.74 Å². The Balaban J connectivity index is 1.93. The van der Waals surface area contributed by atoms with Crippen molar-refractivity contribution >= 4 is 11.8 Å². The quantitative estimate of drug-likeness (QED) is 0.880. The fourth-order valence-corrected chi connectivity index (χ4v) is 3.78. The average Bonchev–Trinajstić information content (AvgIpc) is 2.59. The largest absolute Gasteiger partial charge is 0.508 e. The van der Waals surface area contributed by atoms with Crippen LogP contribution in [0.25, 0.3) is 0 Å². The van der Waals surface area contributed by atoms with Gasteiger partial charge in [0.25, 0.3) is 0 Å². The number of carboxylic acids is 1. The van der Waals surface area contributed by atoms with Gasteiger partial charge in [0.2, 0.25) is 0 Å². The van der Waals surface area contributed by atoms with Gasteiger partial charge in [-0.25, -0.2) is 4.79 Å². The lowest BCUT2D eigenvalue weighted by Crippen LogP contribution is -2.39. The SMILES string of the molecule is O=C1C=CC2C(C1)Oc1cc(O)ccc1C2c1ccccc1C(=O)O. The van der Waals surface area contributed by atoms with Gasteiger partial charge in [-0.3, -0.25) is 4.79 Å². The third-order valence-corrected chi connectivity index (χ3v) is 4.86. The van der Waals surface area contributed by atoms with Crippen LogP contribution in [0.3, 0.4) is 0 Å². The molecule has 2 aromatic rings. The highest BCUT2D eigenvalue weighted by atomic mass is 16.5. The van der Waals surface area contributed by atoms with Crippen LogP contribution in [0.1, 0.15) is 33.8 Å². The molecule has 1 heterocycles. The molecule has 0 amide bonds. The summed E-state index contributed by atoms with van der Waals surface area (Å²) in [6.45, 7) is 0. The lowest BCUT2D eigenvalue weighted by Gasteiger charge is -2.40. The van der Waals surface area contributed by atoms with Crippen molar-refractivity contribution in [1.29, 1.82) is 0 Å². The fraction of sp³-hybridized carbons (Fsp3) is 0.200. The number of hydrogen-bond donors (Lipinski definition) is 2. The number of ketones is 1. The van der Waals surface area contributed by atoms with Crippen molar-refractivity contribution in [2.24, 2.45) is 5.92 Å². The number of benzene rings is 2. The maximum Gasteiger partial charge on any atom is 0.335 e. The second-order valence-electron chi connectivity index (χ2n) is 6.36. The molecule has 5 heteroatoms. The van der Waals surface area contributed by atoms with E-state index in [1.54, 1.807) is 36.4 Å². The fourth-order valence-electron chi connectivity index (χ4n) is 3.78. The van der Waals surface area contributed by atoms with Crippen molar-refractivity contribution in [2.75, 3.05) is 0 Å². The third-order valence-electron chi connectivity index (χ3n) is 4.86. The Bertz CT molecular complexity index is 899. The number of aromatic hydroxyl groups is 1. The Morgan fingerprint density at radius 3 is 2.72 bits per heavy atom. The lowest BCUT2D eigenvalue weighted by atomic mass is 9.71. The molecule has 1 aliphatic heterocycles. The van der Waals surface area contributed by atoms with Crippen LogP contribution in [0.15, 0.2) is 54.6 Å². The van der Waals surface area contributed by atoms with Crippen LogP contribution in [-0.4, -0.2) is 28.1 Å². The Hall–Kier alpha value is -3.08. The van der Waals surface area contributed by atoms with Crippen LogP contribution in [-0.2, 0) is 4.79 Å². The number of hydrogen-bond acceptors (Lipinski definition) is 4. The van der Waals surface area contributed by atoms with Gasteiger partial charge in [-0.2, -0.15) is 0 Å². The highest BCUT2D eigenvalue weighted by Gasteiger charge is 2.41. The zero-order chi connectivity index (χ0) is 17.6. The number of fused-ring (bicyclic) bond motifs is 2. The van der Waals surface area contributed by atoms with Crippen LogP contribution >= 0.6 is 0 Å². The molecule has 126 valence electrons. The predicted octanol–water partition coefficient (Wildman–Crippen LogP) is 3.13. The molecule has 1 aliphatic carbocycles. The minimum atomic E-state index is -0.991. The van der Waals surface area contributed by atoms with Crippen molar-refractivity contribution in [3.05, 3.63) is 71.3 Å². The number of carbonyl (C=O) groups excluding carboxylic acids is 1.